The Morgan fingerprint density at radius 3 is 2.30 bits per heavy atom. The summed E-state index contributed by atoms with van der Waals surface area (Å²) in [6.07, 6.45) is 1.95. The van der Waals surface area contributed by atoms with Gasteiger partial charge in [0.05, 0.1) is 31.2 Å². The molecule has 2 N–H and O–H groups in total. The number of rotatable bonds is 6. The number of hydrogen-bond acceptors (Lipinski definition) is 6. The zero-order chi connectivity index (χ0) is 23.8. The van der Waals surface area contributed by atoms with Crippen molar-refractivity contribution in [2.24, 2.45) is 5.10 Å². The van der Waals surface area contributed by atoms with E-state index in [0.29, 0.717) is 42.2 Å². The van der Waals surface area contributed by atoms with Crippen molar-refractivity contribution < 1.29 is 22.7 Å². The zero-order valence-electron chi connectivity index (χ0n) is 19.1. The molecule has 2 aliphatic rings. The van der Waals surface area contributed by atoms with Crippen LogP contribution in [0.1, 0.15) is 36.5 Å². The van der Waals surface area contributed by atoms with E-state index in [4.69, 9.17) is 14.6 Å². The number of anilines is 1. The molecule has 33 heavy (non-hydrogen) atoms. The topological polar surface area (TPSA) is 109 Å². The molecule has 2 amide bonds. The Morgan fingerprint density at radius 1 is 1.09 bits per heavy atom. The molecule has 0 spiro atoms. The lowest BCUT2D eigenvalue weighted by atomic mass is 9.94. The number of nitrogens with zero attached hydrogens (tertiary/aromatic N) is 2. The van der Waals surface area contributed by atoms with Crippen molar-refractivity contribution in [2.45, 2.75) is 37.5 Å². The Hall–Kier alpha value is -3.27. The Bertz CT molecular complexity index is 1190. The average molecular weight is 473 g/mol. The van der Waals surface area contributed by atoms with Crippen molar-refractivity contribution in [1.82, 2.24) is 10.3 Å². The largest absolute Gasteiger partial charge is 0.493 e. The average Bonchev–Trinajstić information content (AvgIpc) is 3.66. The number of methoxy groups -OCH3 is 2. The van der Waals surface area contributed by atoms with Crippen LogP contribution in [0.25, 0.3) is 0 Å². The van der Waals surface area contributed by atoms with Crippen LogP contribution in [0.2, 0.25) is 0 Å². The van der Waals surface area contributed by atoms with E-state index in [1.54, 1.807) is 45.5 Å². The van der Waals surface area contributed by atoms with Crippen molar-refractivity contribution in [2.75, 3.05) is 26.0 Å². The first-order valence-corrected chi connectivity index (χ1v) is 12.3. The Kier molecular flexibility index (Phi) is 6.20. The first-order valence-electron chi connectivity index (χ1n) is 10.7. The van der Waals surface area contributed by atoms with E-state index in [1.807, 2.05) is 19.1 Å². The molecule has 0 aromatic heterocycles. The van der Waals surface area contributed by atoms with Crippen LogP contribution in [-0.2, 0) is 16.4 Å². The van der Waals surface area contributed by atoms with E-state index >= 15 is 0 Å². The van der Waals surface area contributed by atoms with Crippen molar-refractivity contribution in [3.8, 4) is 11.5 Å². The summed E-state index contributed by atoms with van der Waals surface area (Å²) >= 11 is 0. The smallest absolute Gasteiger partial charge is 0.337 e. The lowest BCUT2D eigenvalue weighted by Crippen LogP contribution is -2.41. The fourth-order valence-corrected chi connectivity index (χ4v) is 5.26. The van der Waals surface area contributed by atoms with E-state index in [0.717, 1.165) is 16.7 Å². The van der Waals surface area contributed by atoms with Gasteiger partial charge in [-0.1, -0.05) is 12.1 Å². The number of fused-ring (bicyclic) bond motifs is 1. The summed E-state index contributed by atoms with van der Waals surface area (Å²) in [5.41, 5.74) is 3.58. The second kappa shape index (κ2) is 8.93. The molecule has 176 valence electrons. The summed E-state index contributed by atoms with van der Waals surface area (Å²) in [5.74, 6) is 1.15. The Labute approximate surface area is 193 Å². The third kappa shape index (κ3) is 4.61. The molecule has 0 bridgehead atoms. The van der Waals surface area contributed by atoms with E-state index in [2.05, 4.69) is 10.0 Å². The first-order chi connectivity index (χ1) is 15.8. The van der Waals surface area contributed by atoms with Crippen LogP contribution in [0, 0.1) is 0 Å². The van der Waals surface area contributed by atoms with Crippen molar-refractivity contribution in [3.63, 3.8) is 0 Å². The van der Waals surface area contributed by atoms with Gasteiger partial charge in [0.15, 0.2) is 11.5 Å². The van der Waals surface area contributed by atoms with Crippen LogP contribution >= 0.6 is 0 Å². The van der Waals surface area contributed by atoms with Crippen molar-refractivity contribution >= 4 is 27.5 Å². The molecule has 0 radical (unpaired) electrons. The monoisotopic (exact) mass is 472 g/mol. The summed E-state index contributed by atoms with van der Waals surface area (Å²) in [5, 5.41) is 8.48. The van der Waals surface area contributed by atoms with Crippen molar-refractivity contribution in [3.05, 3.63) is 53.1 Å². The number of ether oxygens (including phenoxy) is 2. The molecule has 2 aromatic carbocycles. The highest BCUT2D eigenvalue weighted by Gasteiger charge is 2.35. The lowest BCUT2D eigenvalue weighted by Gasteiger charge is -2.22. The van der Waals surface area contributed by atoms with Gasteiger partial charge in [0.2, 0.25) is 10.0 Å². The van der Waals surface area contributed by atoms with Gasteiger partial charge in [-0.25, -0.2) is 18.2 Å². The first kappa shape index (κ1) is 22.9. The Morgan fingerprint density at radius 2 is 1.73 bits per heavy atom. The van der Waals surface area contributed by atoms with E-state index in [9.17, 15) is 13.2 Å². The highest BCUT2D eigenvalue weighted by Crippen LogP contribution is 2.35. The summed E-state index contributed by atoms with van der Waals surface area (Å²) in [4.78, 5) is 12.6. The van der Waals surface area contributed by atoms with E-state index in [-0.39, 0.29) is 17.3 Å². The number of amides is 2. The molecular formula is C23H28N4O5S. The summed E-state index contributed by atoms with van der Waals surface area (Å²) in [6.45, 7) is 1.93. The third-order valence-corrected chi connectivity index (χ3v) is 7.68. The normalized spacial score (nSPS) is 18.0. The molecule has 1 atom stereocenters. The number of nitrogens with one attached hydrogen (secondary N) is 2. The molecule has 1 fully saturated rings. The van der Waals surface area contributed by atoms with Crippen LogP contribution in [-0.4, -0.2) is 57.7 Å². The molecule has 1 heterocycles. The Balaban J connectivity index is 1.78. The standard InChI is InChI=1S/C23H28N4O5S/c1-14-11-16-12-20(31-3)21(32-4)13-19(16)22(25-27(14)23(28)24-2)15-5-7-17(8-6-15)26-33(29,30)18-9-10-18/h5-8,12-14,18,26H,9-11H2,1-4H3,(H,24,28). The maximum atomic E-state index is 12.6. The molecule has 1 saturated carbocycles. The van der Waals surface area contributed by atoms with Crippen LogP contribution < -0.4 is 19.5 Å². The summed E-state index contributed by atoms with van der Waals surface area (Å²) < 4.78 is 38.1. The minimum absolute atomic E-state index is 0.205. The molecular weight excluding hydrogens is 444 g/mol. The fourth-order valence-electron chi connectivity index (χ4n) is 3.87. The minimum Gasteiger partial charge on any atom is -0.493 e. The number of sulfonamides is 1. The minimum atomic E-state index is -3.35. The zero-order valence-corrected chi connectivity index (χ0v) is 19.9. The molecule has 1 aliphatic carbocycles. The van der Waals surface area contributed by atoms with Gasteiger partial charge in [-0.3, -0.25) is 4.72 Å². The number of carbonyl (C=O) groups excluding carboxylic acids is 1. The predicted octanol–water partition coefficient (Wildman–Crippen LogP) is 2.95. The number of hydrazone groups is 1. The van der Waals surface area contributed by atoms with Gasteiger partial charge in [0.25, 0.3) is 0 Å². The van der Waals surface area contributed by atoms with Gasteiger partial charge in [-0.2, -0.15) is 5.10 Å². The molecule has 1 unspecified atom stereocenters. The maximum Gasteiger partial charge on any atom is 0.337 e. The van der Waals surface area contributed by atoms with E-state index < -0.39 is 10.0 Å². The SMILES string of the molecule is CNC(=O)N1N=C(c2ccc(NS(=O)(=O)C3CC3)cc2)c2cc(OC)c(OC)cc2CC1C. The van der Waals surface area contributed by atoms with Crippen molar-refractivity contribution in [1.29, 1.82) is 0 Å². The summed E-state index contributed by atoms with van der Waals surface area (Å²) in [7, 11) is 1.36. The predicted molar refractivity (Wildman–Crippen MR) is 127 cm³/mol. The molecule has 2 aromatic rings. The van der Waals surface area contributed by atoms with Gasteiger partial charge in [-0.15, -0.1) is 0 Å². The quantitative estimate of drug-likeness (QED) is 0.672. The molecule has 10 heteroatoms. The third-order valence-electron chi connectivity index (χ3n) is 5.81. The lowest BCUT2D eigenvalue weighted by molar-refractivity contribution is 0.184. The molecule has 0 saturated heterocycles. The molecule has 9 nitrogen and oxygen atoms in total. The molecule has 1 aliphatic heterocycles. The second-order valence-corrected chi connectivity index (χ2v) is 10.2. The van der Waals surface area contributed by atoms with Crippen LogP contribution in [0.4, 0.5) is 10.5 Å². The second-order valence-electron chi connectivity index (χ2n) is 8.19. The highest BCUT2D eigenvalue weighted by atomic mass is 32.2. The van der Waals surface area contributed by atoms with E-state index in [1.165, 1.54) is 5.01 Å². The van der Waals surface area contributed by atoms with Crippen LogP contribution in [0.15, 0.2) is 41.5 Å². The number of carbonyl (C=O) groups is 1. The van der Waals surface area contributed by atoms with Gasteiger partial charge in [-0.05, 0) is 56.0 Å². The summed E-state index contributed by atoms with van der Waals surface area (Å²) in [6, 6.07) is 10.2. The number of urea groups is 1. The maximum absolute atomic E-state index is 12.6. The van der Waals surface area contributed by atoms with Crippen LogP contribution in [0.3, 0.4) is 0 Å². The number of hydrogen-bond donors (Lipinski definition) is 2. The molecule has 4 rings (SSSR count). The van der Waals surface area contributed by atoms with Crippen LogP contribution in [0.5, 0.6) is 11.5 Å². The van der Waals surface area contributed by atoms with Gasteiger partial charge in [0, 0.05) is 23.9 Å². The van der Waals surface area contributed by atoms with Gasteiger partial charge >= 0.3 is 6.03 Å². The van der Waals surface area contributed by atoms with Gasteiger partial charge in [0.1, 0.15) is 0 Å². The number of benzene rings is 2. The highest BCUT2D eigenvalue weighted by molar-refractivity contribution is 7.93. The fraction of sp³-hybridized carbons (Fsp3) is 0.391. The van der Waals surface area contributed by atoms with Gasteiger partial charge < -0.3 is 14.8 Å².